The second kappa shape index (κ2) is 6.34. The van der Waals surface area contributed by atoms with Gasteiger partial charge in [0.2, 0.25) is 0 Å². The lowest BCUT2D eigenvalue weighted by Gasteiger charge is -2.30. The van der Waals surface area contributed by atoms with E-state index in [1.165, 1.54) is 18.5 Å². The number of nitrogens with zero attached hydrogens (tertiary/aromatic N) is 3. The van der Waals surface area contributed by atoms with Gasteiger partial charge < -0.3 is 9.47 Å². The number of aryl methyl sites for hydroxylation is 2. The highest BCUT2D eigenvalue weighted by atomic mass is 16.2. The van der Waals surface area contributed by atoms with Crippen molar-refractivity contribution in [3.8, 4) is 0 Å². The quantitative estimate of drug-likeness (QED) is 0.851. The van der Waals surface area contributed by atoms with Gasteiger partial charge in [-0.3, -0.25) is 9.78 Å². The fourth-order valence-corrected chi connectivity index (χ4v) is 3.24. The molecule has 22 heavy (non-hydrogen) atoms. The van der Waals surface area contributed by atoms with Gasteiger partial charge in [0.25, 0.3) is 5.91 Å². The van der Waals surface area contributed by atoms with Crippen LogP contribution in [-0.2, 0) is 7.05 Å². The van der Waals surface area contributed by atoms with Gasteiger partial charge in [0.05, 0.1) is 11.6 Å². The van der Waals surface area contributed by atoms with E-state index in [0.29, 0.717) is 5.56 Å². The van der Waals surface area contributed by atoms with Gasteiger partial charge in [-0.15, -0.1) is 0 Å². The predicted octanol–water partition coefficient (Wildman–Crippen LogP) is 3.49. The summed E-state index contributed by atoms with van der Waals surface area (Å²) in [5, 5.41) is 0. The Morgan fingerprint density at radius 3 is 2.77 bits per heavy atom. The first-order valence-electron chi connectivity index (χ1n) is 8.01. The summed E-state index contributed by atoms with van der Waals surface area (Å²) in [6.45, 7) is 2.76. The van der Waals surface area contributed by atoms with E-state index < -0.39 is 0 Å². The van der Waals surface area contributed by atoms with Crippen LogP contribution in [0, 0.1) is 6.92 Å². The van der Waals surface area contributed by atoms with Crippen LogP contribution in [-0.4, -0.2) is 26.9 Å². The minimum Gasteiger partial charge on any atom is -0.353 e. The van der Waals surface area contributed by atoms with Crippen molar-refractivity contribution in [3.63, 3.8) is 0 Å². The van der Waals surface area contributed by atoms with Crippen LogP contribution < -0.4 is 0 Å². The van der Waals surface area contributed by atoms with Gasteiger partial charge in [0.1, 0.15) is 0 Å². The molecule has 0 saturated carbocycles. The molecular weight excluding hydrogens is 274 g/mol. The van der Waals surface area contributed by atoms with E-state index in [9.17, 15) is 4.79 Å². The van der Waals surface area contributed by atoms with Crippen molar-refractivity contribution >= 4 is 5.91 Å². The average Bonchev–Trinajstić information content (AvgIpc) is 2.80. The van der Waals surface area contributed by atoms with E-state index in [0.717, 1.165) is 25.1 Å². The molecule has 0 aromatic carbocycles. The molecule has 3 rings (SSSR count). The van der Waals surface area contributed by atoms with Gasteiger partial charge in [0.15, 0.2) is 0 Å². The standard InChI is InChI=1S/C18H23N3O/c1-14-9-10-15(13-19-14)18(22)21-12-5-3-4-7-17(21)16-8-6-11-20(16)2/h6,8-11,13,17H,3-5,7,12H2,1-2H3. The second-order valence-electron chi connectivity index (χ2n) is 6.10. The molecular formula is C18H23N3O. The zero-order chi connectivity index (χ0) is 15.5. The Balaban J connectivity index is 1.92. The van der Waals surface area contributed by atoms with Gasteiger partial charge in [-0.25, -0.2) is 0 Å². The number of amides is 1. The highest BCUT2D eigenvalue weighted by Gasteiger charge is 2.28. The molecule has 0 spiro atoms. The number of carbonyl (C=O) groups is 1. The molecule has 0 N–H and O–H groups in total. The number of rotatable bonds is 2. The lowest BCUT2D eigenvalue weighted by molar-refractivity contribution is 0.0674. The van der Waals surface area contributed by atoms with Crippen LogP contribution in [0.15, 0.2) is 36.7 Å². The summed E-state index contributed by atoms with van der Waals surface area (Å²) in [4.78, 5) is 19.3. The molecule has 1 aliphatic rings. The second-order valence-corrected chi connectivity index (χ2v) is 6.10. The van der Waals surface area contributed by atoms with Crippen LogP contribution in [0.5, 0.6) is 0 Å². The maximum Gasteiger partial charge on any atom is 0.255 e. The maximum atomic E-state index is 13.0. The van der Waals surface area contributed by atoms with Crippen molar-refractivity contribution < 1.29 is 4.79 Å². The molecule has 3 heterocycles. The molecule has 0 radical (unpaired) electrons. The third-order valence-electron chi connectivity index (χ3n) is 4.50. The molecule has 1 amide bonds. The highest BCUT2D eigenvalue weighted by molar-refractivity contribution is 5.94. The molecule has 0 bridgehead atoms. The molecule has 2 aromatic heterocycles. The number of hydrogen-bond acceptors (Lipinski definition) is 2. The Bertz CT molecular complexity index is 645. The molecule has 1 unspecified atom stereocenters. The van der Waals surface area contributed by atoms with E-state index in [1.54, 1.807) is 6.20 Å². The number of likely N-dealkylation sites (tertiary alicyclic amines) is 1. The largest absolute Gasteiger partial charge is 0.353 e. The Morgan fingerprint density at radius 2 is 2.09 bits per heavy atom. The van der Waals surface area contributed by atoms with Crippen LogP contribution >= 0.6 is 0 Å². The average molecular weight is 297 g/mol. The van der Waals surface area contributed by atoms with Crippen molar-refractivity contribution in [1.29, 1.82) is 0 Å². The number of pyridine rings is 1. The van der Waals surface area contributed by atoms with Gasteiger partial charge in [-0.2, -0.15) is 0 Å². The molecule has 1 fully saturated rings. The number of aromatic nitrogens is 2. The topological polar surface area (TPSA) is 38.1 Å². The summed E-state index contributed by atoms with van der Waals surface area (Å²) in [6, 6.07) is 8.14. The smallest absolute Gasteiger partial charge is 0.255 e. The minimum absolute atomic E-state index is 0.0978. The van der Waals surface area contributed by atoms with Crippen LogP contribution in [0.2, 0.25) is 0 Å². The SMILES string of the molecule is Cc1ccc(C(=O)N2CCCCCC2c2cccn2C)cn1. The Labute approximate surface area is 131 Å². The summed E-state index contributed by atoms with van der Waals surface area (Å²) >= 11 is 0. The number of carbonyl (C=O) groups excluding carboxylic acids is 1. The first-order chi connectivity index (χ1) is 10.7. The van der Waals surface area contributed by atoms with Crippen molar-refractivity contribution in [3.05, 3.63) is 53.6 Å². The molecule has 0 aliphatic carbocycles. The maximum absolute atomic E-state index is 13.0. The van der Waals surface area contributed by atoms with Gasteiger partial charge in [0, 0.05) is 37.4 Å². The van der Waals surface area contributed by atoms with Crippen molar-refractivity contribution in [2.75, 3.05) is 6.54 Å². The lowest BCUT2D eigenvalue weighted by Crippen LogP contribution is -2.35. The molecule has 116 valence electrons. The third kappa shape index (κ3) is 2.91. The Kier molecular flexibility index (Phi) is 4.27. The van der Waals surface area contributed by atoms with E-state index in [1.807, 2.05) is 24.0 Å². The summed E-state index contributed by atoms with van der Waals surface area (Å²) in [5.74, 6) is 0.0978. The molecule has 2 aromatic rings. The fourth-order valence-electron chi connectivity index (χ4n) is 3.24. The van der Waals surface area contributed by atoms with Crippen molar-refractivity contribution in [2.24, 2.45) is 7.05 Å². The van der Waals surface area contributed by atoms with E-state index in [4.69, 9.17) is 0 Å². The van der Waals surface area contributed by atoms with Crippen molar-refractivity contribution in [1.82, 2.24) is 14.5 Å². The molecule has 4 nitrogen and oxygen atoms in total. The predicted molar refractivity (Wildman–Crippen MR) is 86.6 cm³/mol. The first-order valence-corrected chi connectivity index (χ1v) is 8.01. The van der Waals surface area contributed by atoms with Crippen LogP contribution in [0.3, 0.4) is 0 Å². The minimum atomic E-state index is 0.0978. The molecule has 1 aliphatic heterocycles. The summed E-state index contributed by atoms with van der Waals surface area (Å²) in [5.41, 5.74) is 2.84. The Hall–Kier alpha value is -2.10. The number of hydrogen-bond donors (Lipinski definition) is 0. The van der Waals surface area contributed by atoms with Crippen LogP contribution in [0.4, 0.5) is 0 Å². The van der Waals surface area contributed by atoms with E-state index in [-0.39, 0.29) is 11.9 Å². The van der Waals surface area contributed by atoms with Gasteiger partial charge >= 0.3 is 0 Å². The molecule has 1 atom stereocenters. The van der Waals surface area contributed by atoms with Crippen LogP contribution in [0.25, 0.3) is 0 Å². The first kappa shape index (κ1) is 14.8. The highest BCUT2D eigenvalue weighted by Crippen LogP contribution is 2.31. The summed E-state index contributed by atoms with van der Waals surface area (Å²) in [6.07, 6.45) is 8.22. The van der Waals surface area contributed by atoms with Gasteiger partial charge in [-0.1, -0.05) is 12.8 Å². The fraction of sp³-hybridized carbons (Fsp3) is 0.444. The zero-order valence-corrected chi connectivity index (χ0v) is 13.3. The summed E-state index contributed by atoms with van der Waals surface area (Å²) < 4.78 is 2.13. The summed E-state index contributed by atoms with van der Waals surface area (Å²) in [7, 11) is 2.05. The molecule has 1 saturated heterocycles. The lowest BCUT2D eigenvalue weighted by atomic mass is 10.1. The van der Waals surface area contributed by atoms with Crippen molar-refractivity contribution in [2.45, 2.75) is 38.6 Å². The molecule has 4 heteroatoms. The Morgan fingerprint density at radius 1 is 1.23 bits per heavy atom. The van der Waals surface area contributed by atoms with Crippen LogP contribution in [0.1, 0.15) is 53.5 Å². The zero-order valence-electron chi connectivity index (χ0n) is 13.3. The normalized spacial score (nSPS) is 19.0. The van der Waals surface area contributed by atoms with E-state index >= 15 is 0 Å². The van der Waals surface area contributed by atoms with Gasteiger partial charge in [-0.05, 0) is 44.0 Å². The monoisotopic (exact) mass is 297 g/mol. The third-order valence-corrected chi connectivity index (χ3v) is 4.50. The van der Waals surface area contributed by atoms with E-state index in [2.05, 4.69) is 34.9 Å².